The molecule has 1 nitrogen and oxygen atoms in total. The molecule has 2 aliphatic carbocycles. The van der Waals surface area contributed by atoms with Crippen molar-refractivity contribution >= 4 is 11.6 Å². The van der Waals surface area contributed by atoms with Crippen molar-refractivity contribution in [2.75, 3.05) is 6.54 Å². The normalized spacial score (nSPS) is 27.8. The van der Waals surface area contributed by atoms with Gasteiger partial charge in [-0.2, -0.15) is 0 Å². The summed E-state index contributed by atoms with van der Waals surface area (Å²) in [6.07, 6.45) is 6.72. The highest BCUT2D eigenvalue weighted by molar-refractivity contribution is 6.31. The second-order valence-corrected chi connectivity index (χ2v) is 5.98. The van der Waals surface area contributed by atoms with Crippen molar-refractivity contribution in [2.45, 2.75) is 38.1 Å². The predicted octanol–water partition coefficient (Wildman–Crippen LogP) is 3.66. The Kier molecular flexibility index (Phi) is 3.39. The summed E-state index contributed by atoms with van der Waals surface area (Å²) in [5, 5.41) is 4.59. The van der Waals surface area contributed by atoms with Crippen molar-refractivity contribution in [1.82, 2.24) is 5.32 Å². The molecule has 0 aromatic heterocycles. The lowest BCUT2D eigenvalue weighted by molar-refractivity contribution is 0.170. The molecule has 2 heteroatoms. The van der Waals surface area contributed by atoms with Crippen LogP contribution in [0.3, 0.4) is 0 Å². The van der Waals surface area contributed by atoms with E-state index in [1.807, 2.05) is 12.1 Å². The molecule has 0 aliphatic heterocycles. The molecule has 17 heavy (non-hydrogen) atoms. The molecular formula is C15H20ClN. The Morgan fingerprint density at radius 1 is 1.06 bits per heavy atom. The molecule has 1 aromatic rings. The highest BCUT2D eigenvalue weighted by atomic mass is 35.5. The van der Waals surface area contributed by atoms with E-state index in [0.717, 1.165) is 29.3 Å². The van der Waals surface area contributed by atoms with Gasteiger partial charge in [-0.15, -0.1) is 0 Å². The number of rotatable bonds is 5. The van der Waals surface area contributed by atoms with Crippen molar-refractivity contribution in [3.63, 3.8) is 0 Å². The van der Waals surface area contributed by atoms with Gasteiger partial charge in [0.25, 0.3) is 0 Å². The van der Waals surface area contributed by atoms with Crippen LogP contribution in [-0.2, 0) is 6.42 Å². The Morgan fingerprint density at radius 2 is 1.82 bits per heavy atom. The number of halogens is 1. The van der Waals surface area contributed by atoms with Gasteiger partial charge in [0.2, 0.25) is 0 Å². The monoisotopic (exact) mass is 249 g/mol. The highest BCUT2D eigenvalue weighted by Crippen LogP contribution is 2.38. The van der Waals surface area contributed by atoms with Gasteiger partial charge in [0.15, 0.2) is 0 Å². The molecule has 2 aliphatic rings. The Hall–Kier alpha value is -0.530. The second kappa shape index (κ2) is 4.99. The first kappa shape index (κ1) is 11.6. The van der Waals surface area contributed by atoms with Gasteiger partial charge in [-0.25, -0.2) is 0 Å². The molecule has 92 valence electrons. The van der Waals surface area contributed by atoms with Crippen LogP contribution >= 0.6 is 11.6 Å². The smallest absolute Gasteiger partial charge is 0.0438 e. The Labute approximate surface area is 109 Å². The van der Waals surface area contributed by atoms with Gasteiger partial charge in [-0.3, -0.25) is 0 Å². The third kappa shape index (κ3) is 2.83. The second-order valence-electron chi connectivity index (χ2n) is 5.58. The quantitative estimate of drug-likeness (QED) is 0.840. The predicted molar refractivity (Wildman–Crippen MR) is 72.4 cm³/mol. The van der Waals surface area contributed by atoms with Crippen LogP contribution in [0.4, 0.5) is 0 Å². The summed E-state index contributed by atoms with van der Waals surface area (Å²) in [5.74, 6) is 1.73. The maximum atomic E-state index is 6.22. The summed E-state index contributed by atoms with van der Waals surface area (Å²) in [6.45, 7) is 1.22. The lowest BCUT2D eigenvalue weighted by atomic mass is 9.70. The van der Waals surface area contributed by atoms with Gasteiger partial charge < -0.3 is 5.32 Å². The minimum absolute atomic E-state index is 0.844. The maximum absolute atomic E-state index is 6.22. The highest BCUT2D eigenvalue weighted by Gasteiger charge is 2.32. The molecule has 2 atom stereocenters. The topological polar surface area (TPSA) is 12.0 Å². The molecule has 0 saturated heterocycles. The summed E-state index contributed by atoms with van der Waals surface area (Å²) in [7, 11) is 0. The number of hydrogen-bond donors (Lipinski definition) is 1. The number of nitrogens with one attached hydrogen (secondary N) is 1. The van der Waals surface area contributed by atoms with E-state index in [2.05, 4.69) is 17.4 Å². The molecule has 1 N–H and O–H groups in total. The van der Waals surface area contributed by atoms with Crippen molar-refractivity contribution < 1.29 is 0 Å². The van der Waals surface area contributed by atoms with Gasteiger partial charge in [-0.05, 0) is 62.1 Å². The third-order valence-corrected chi connectivity index (χ3v) is 4.63. The first-order chi connectivity index (χ1) is 8.33. The lowest BCUT2D eigenvalue weighted by Gasteiger charge is -2.37. The van der Waals surface area contributed by atoms with Crippen molar-refractivity contribution in [3.05, 3.63) is 34.9 Å². The summed E-state index contributed by atoms with van der Waals surface area (Å²) >= 11 is 6.22. The fraction of sp³-hybridized carbons (Fsp3) is 0.600. The summed E-state index contributed by atoms with van der Waals surface area (Å²) in [4.78, 5) is 0. The van der Waals surface area contributed by atoms with Gasteiger partial charge in [0.05, 0.1) is 0 Å². The van der Waals surface area contributed by atoms with E-state index >= 15 is 0 Å². The van der Waals surface area contributed by atoms with Gasteiger partial charge in [-0.1, -0.05) is 29.8 Å². The fourth-order valence-corrected chi connectivity index (χ4v) is 2.94. The molecule has 2 saturated carbocycles. The van der Waals surface area contributed by atoms with Crippen LogP contribution < -0.4 is 5.32 Å². The number of benzene rings is 1. The third-order valence-electron chi connectivity index (χ3n) is 4.26. The zero-order valence-electron chi connectivity index (χ0n) is 10.2. The van der Waals surface area contributed by atoms with Crippen molar-refractivity contribution in [1.29, 1.82) is 0 Å². The first-order valence-corrected chi connectivity index (χ1v) is 7.17. The summed E-state index contributed by atoms with van der Waals surface area (Å²) in [5.41, 5.74) is 1.33. The van der Waals surface area contributed by atoms with Crippen LogP contribution in [0.1, 0.15) is 31.2 Å². The van der Waals surface area contributed by atoms with Crippen molar-refractivity contribution in [2.24, 2.45) is 11.8 Å². The van der Waals surface area contributed by atoms with Gasteiger partial charge in [0.1, 0.15) is 0 Å². The number of hydrogen-bond acceptors (Lipinski definition) is 1. The van der Waals surface area contributed by atoms with E-state index < -0.39 is 0 Å². The molecule has 0 heterocycles. The molecular weight excluding hydrogens is 230 g/mol. The molecule has 1 aromatic carbocycles. The minimum atomic E-state index is 0.844. The van der Waals surface area contributed by atoms with E-state index in [9.17, 15) is 0 Å². The zero-order valence-corrected chi connectivity index (χ0v) is 10.9. The molecule has 2 fully saturated rings. The molecule has 0 bridgehead atoms. The van der Waals surface area contributed by atoms with E-state index in [0.29, 0.717) is 0 Å². The first-order valence-electron chi connectivity index (χ1n) is 6.79. The van der Waals surface area contributed by atoms with Gasteiger partial charge >= 0.3 is 0 Å². The van der Waals surface area contributed by atoms with Crippen LogP contribution in [0.2, 0.25) is 5.02 Å². The largest absolute Gasteiger partial charge is 0.314 e. The average molecular weight is 250 g/mol. The van der Waals surface area contributed by atoms with Crippen LogP contribution in [0.5, 0.6) is 0 Å². The van der Waals surface area contributed by atoms with Crippen LogP contribution in [-0.4, -0.2) is 12.6 Å². The molecule has 2 unspecified atom stereocenters. The van der Waals surface area contributed by atoms with Crippen LogP contribution in [0, 0.1) is 11.8 Å². The van der Waals surface area contributed by atoms with E-state index in [1.165, 1.54) is 37.8 Å². The molecule has 0 spiro atoms. The van der Waals surface area contributed by atoms with Crippen LogP contribution in [0.25, 0.3) is 0 Å². The zero-order chi connectivity index (χ0) is 11.7. The fourth-order valence-electron chi connectivity index (χ4n) is 2.73. The van der Waals surface area contributed by atoms with Crippen molar-refractivity contribution in [3.8, 4) is 0 Å². The van der Waals surface area contributed by atoms with E-state index in [4.69, 9.17) is 11.6 Å². The van der Waals surface area contributed by atoms with E-state index in [-0.39, 0.29) is 0 Å². The Bertz CT molecular complexity index is 386. The molecule has 0 radical (unpaired) electrons. The Balaban J connectivity index is 1.52. The minimum Gasteiger partial charge on any atom is -0.314 e. The van der Waals surface area contributed by atoms with Gasteiger partial charge in [0, 0.05) is 11.1 Å². The molecule has 3 rings (SSSR count). The summed E-state index contributed by atoms with van der Waals surface area (Å²) < 4.78 is 0. The Morgan fingerprint density at radius 3 is 2.47 bits per heavy atom. The maximum Gasteiger partial charge on any atom is 0.0438 e. The molecule has 0 amide bonds. The van der Waals surface area contributed by atoms with Crippen LogP contribution in [0.15, 0.2) is 24.3 Å². The standard InChI is InChI=1S/C15H20ClN/c16-15-4-2-1-3-12(15)9-11-5-6-13(11)10-17-14-7-8-14/h1-4,11,13-14,17H,5-10H2. The lowest BCUT2D eigenvalue weighted by Crippen LogP contribution is -2.37. The SMILES string of the molecule is Clc1ccccc1CC1CCC1CNC1CC1. The van der Waals surface area contributed by atoms with E-state index in [1.54, 1.807) is 0 Å². The summed E-state index contributed by atoms with van der Waals surface area (Å²) in [6, 6.07) is 9.13. The average Bonchev–Trinajstić information content (AvgIpc) is 3.11.